The van der Waals surface area contributed by atoms with Crippen molar-refractivity contribution in [2.24, 2.45) is 10.2 Å². The van der Waals surface area contributed by atoms with Crippen molar-refractivity contribution < 1.29 is 108 Å². The number of aryl methyl sites for hydroxylation is 1. The van der Waals surface area contributed by atoms with Crippen molar-refractivity contribution in [2.75, 3.05) is 105 Å². The Morgan fingerprint density at radius 2 is 1.07 bits per heavy atom. The van der Waals surface area contributed by atoms with Gasteiger partial charge in [0.05, 0.1) is 112 Å². The number of carbonyl (C=O) groups is 6. The van der Waals surface area contributed by atoms with Gasteiger partial charge in [-0.25, -0.2) is 36.9 Å². The molecule has 668 valence electrons. The van der Waals surface area contributed by atoms with Gasteiger partial charge in [0.2, 0.25) is 11.6 Å². The highest BCUT2D eigenvalue weighted by Gasteiger charge is 2.50. The number of aliphatic hydroxyl groups is 3. The van der Waals surface area contributed by atoms with Crippen molar-refractivity contribution in [2.45, 2.75) is 311 Å². The Morgan fingerprint density at radius 3 is 1.46 bits per heavy atom. The second kappa shape index (κ2) is 50.2. The van der Waals surface area contributed by atoms with Crippen molar-refractivity contribution in [1.29, 1.82) is 0 Å². The Kier molecular flexibility index (Phi) is 43.9. The summed E-state index contributed by atoms with van der Waals surface area (Å²) < 4.78 is 117. The number of nitrogens with one attached hydrogen (secondary N) is 2. The van der Waals surface area contributed by atoms with Crippen molar-refractivity contribution >= 4 is 35.4 Å². The highest BCUT2D eigenvalue weighted by Crippen LogP contribution is 2.34. The molecule has 3 aromatic heterocycles. The van der Waals surface area contributed by atoms with Gasteiger partial charge in [0, 0.05) is 84.2 Å². The Hall–Kier alpha value is -7.07. The van der Waals surface area contributed by atoms with Gasteiger partial charge < -0.3 is 92.0 Å². The predicted octanol–water partition coefficient (Wildman–Crippen LogP) is 9.47. The van der Waals surface area contributed by atoms with Gasteiger partial charge in [-0.2, -0.15) is 10.2 Å². The molecule has 5 atom stereocenters. The molecule has 8 aliphatic rings. The first-order valence-electron chi connectivity index (χ1n) is 40.7. The average molecular weight is 1680 g/mol. The van der Waals surface area contributed by atoms with E-state index >= 15 is 0 Å². The van der Waals surface area contributed by atoms with Crippen LogP contribution in [0.4, 0.5) is 22.0 Å². The predicted molar refractivity (Wildman–Crippen MR) is 424 cm³/mol. The molecule has 37 heteroatoms. The number of aromatic nitrogens is 5. The zero-order valence-electron chi connectivity index (χ0n) is 70.9. The first-order chi connectivity index (χ1) is 54.6. The first-order valence-corrected chi connectivity index (χ1v) is 40.7. The molecule has 7 fully saturated rings. The van der Waals surface area contributed by atoms with E-state index in [0.29, 0.717) is 67.5 Å². The van der Waals surface area contributed by atoms with E-state index in [9.17, 15) is 55.8 Å². The summed E-state index contributed by atoms with van der Waals surface area (Å²) in [6, 6.07) is 1.32. The highest BCUT2D eigenvalue weighted by molar-refractivity contribution is 5.94. The quantitative estimate of drug-likeness (QED) is 0.0619. The minimum atomic E-state index is -3.15. The number of carbonyl (C=O) groups excluding carboxylic acids is 6. The number of azo groups is 1. The van der Waals surface area contributed by atoms with Gasteiger partial charge in [-0.3, -0.25) is 33.9 Å². The van der Waals surface area contributed by atoms with E-state index in [0.717, 1.165) is 87.7 Å². The first kappa shape index (κ1) is 102. The molecule has 0 aromatic carbocycles. The maximum Gasteiger partial charge on any atom is 0.293 e. The standard InChI is InChI=1S/C12H21F2NO3.C12H18FN3O2.C12H20N4O2.2C12H18N2O3.C11H19F2NO4.C8H17NO.CH4/c1-8(2)18-9-5-6-15(7-12(9,13)14)10(16)11(3,4)17;1-8(2)18-11-3-4-16(7-10(11)13)12(17)9-5-14-15-6-9;1-8(2)18-10-4-6-16(7-5-10)12(17)11-13-9(3)14-15-11;1-9(2)17-10-3-5-14(6-4-10)12(15)11-7-16-8-13-11;1-9(2)17-10-3-5-14(6-4-10)12(15)11-7-13-8-16-11;1-7(2)18-9-3-4-14(6-11(9,12)13)10(17)8(16)5-15;1-7(2)9-8-3-5-10-6-4-8;/h8-9,17H,5-7H2,1-4H3;5,8,10-11H,3-4,6-7H2,1-2H3;8,10H,4-7H2,1-3H3,(H,13,14,15);2*7-10H,3-6H2,1-2H3;7-9,15-16H,3-6H2,1-2H3;7-9H,3-6H2,1-2H3;1H4/t;10-,11+;;;;8-,9?;;/m.1...0../s1. The summed E-state index contributed by atoms with van der Waals surface area (Å²) in [6.45, 7) is 36.6. The summed E-state index contributed by atoms with van der Waals surface area (Å²) in [5, 5.41) is 44.8. The number of aromatic amines is 1. The number of aliphatic hydroxyl groups excluding tert-OH is 2. The number of rotatable bonds is 21. The number of halogens is 5. The van der Waals surface area contributed by atoms with Crippen LogP contribution < -0.4 is 5.32 Å². The van der Waals surface area contributed by atoms with Crippen LogP contribution in [-0.4, -0.2) is 325 Å². The Bertz CT molecular complexity index is 3340. The summed E-state index contributed by atoms with van der Waals surface area (Å²) in [6.07, 6.45) is 10.6. The Balaban J connectivity index is 0.000000288. The average Bonchev–Trinajstić information content (AvgIpc) is 1.72. The molecule has 0 bridgehead atoms. The number of nitrogens with zero attached hydrogens (tertiary/aromatic N) is 12. The van der Waals surface area contributed by atoms with E-state index in [4.69, 9.17) is 52.2 Å². The number of hydrogen-bond donors (Lipinski definition) is 5. The van der Waals surface area contributed by atoms with E-state index in [2.05, 4.69) is 54.5 Å². The van der Waals surface area contributed by atoms with Crippen LogP contribution in [0.2, 0.25) is 0 Å². The van der Waals surface area contributed by atoms with Gasteiger partial charge in [-0.15, -0.1) is 5.10 Å². The van der Waals surface area contributed by atoms with Gasteiger partial charge in [0.15, 0.2) is 24.6 Å². The molecule has 11 rings (SSSR count). The van der Waals surface area contributed by atoms with Crippen molar-refractivity contribution in [3.8, 4) is 0 Å². The van der Waals surface area contributed by atoms with Crippen LogP contribution in [0.15, 0.2) is 56.1 Å². The molecular formula is C80H135F5N14O18. The lowest BCUT2D eigenvalue weighted by atomic mass is 10.0. The van der Waals surface area contributed by atoms with Crippen LogP contribution in [0.5, 0.6) is 0 Å². The topological polar surface area (TPSA) is 378 Å². The van der Waals surface area contributed by atoms with Crippen molar-refractivity contribution in [3.05, 3.63) is 60.1 Å². The third kappa shape index (κ3) is 36.0. The number of ether oxygens (including phenoxy) is 7. The van der Waals surface area contributed by atoms with Crippen LogP contribution in [0.1, 0.15) is 226 Å². The lowest BCUT2D eigenvalue weighted by Gasteiger charge is -2.40. The Labute approximate surface area is 686 Å². The fourth-order valence-electron chi connectivity index (χ4n) is 13.6. The van der Waals surface area contributed by atoms with Gasteiger partial charge in [0.1, 0.15) is 36.1 Å². The summed E-state index contributed by atoms with van der Waals surface area (Å²) in [5.41, 5.74) is -0.708. The summed E-state index contributed by atoms with van der Waals surface area (Å²) in [4.78, 5) is 91.7. The molecule has 117 heavy (non-hydrogen) atoms. The molecule has 0 radical (unpaired) electrons. The highest BCUT2D eigenvalue weighted by atomic mass is 19.3. The second-order valence-electron chi connectivity index (χ2n) is 32.3. The summed E-state index contributed by atoms with van der Waals surface area (Å²) >= 11 is 0. The zero-order chi connectivity index (χ0) is 86.2. The maximum atomic E-state index is 13.9. The number of H-pyrrole nitrogens is 1. The number of amides is 6. The smallest absolute Gasteiger partial charge is 0.293 e. The van der Waals surface area contributed by atoms with Crippen LogP contribution >= 0.6 is 0 Å². The van der Waals surface area contributed by atoms with Crippen molar-refractivity contribution in [1.82, 2.24) is 59.9 Å². The normalized spacial score (nSPS) is 21.6. The molecule has 11 heterocycles. The number of hydrogen-bond acceptors (Lipinski definition) is 25. The van der Waals surface area contributed by atoms with E-state index < -0.39 is 79.5 Å². The molecule has 2 unspecified atom stereocenters. The molecule has 6 amide bonds. The molecule has 8 aliphatic heterocycles. The second-order valence-corrected chi connectivity index (χ2v) is 32.3. The van der Waals surface area contributed by atoms with Crippen molar-refractivity contribution in [3.63, 3.8) is 0 Å². The van der Waals surface area contributed by atoms with Crippen LogP contribution in [0.25, 0.3) is 0 Å². The molecular weight excluding hydrogens is 1540 g/mol. The van der Waals surface area contributed by atoms with Crippen LogP contribution in [0, 0.1) is 6.92 Å². The zero-order valence-corrected chi connectivity index (χ0v) is 70.9. The van der Waals surface area contributed by atoms with Gasteiger partial charge in [0.25, 0.3) is 47.3 Å². The van der Waals surface area contributed by atoms with E-state index in [1.807, 2.05) is 55.4 Å². The molecule has 0 aliphatic carbocycles. The number of piperidine rings is 6. The van der Waals surface area contributed by atoms with Gasteiger partial charge >= 0.3 is 0 Å². The minimum absolute atomic E-state index is 0. The molecule has 32 nitrogen and oxygen atoms in total. The lowest BCUT2D eigenvalue weighted by molar-refractivity contribution is -0.194. The van der Waals surface area contributed by atoms with E-state index in [1.54, 1.807) is 49.3 Å². The molecule has 3 aromatic rings. The van der Waals surface area contributed by atoms with E-state index in [-0.39, 0.29) is 124 Å². The lowest BCUT2D eigenvalue weighted by Crippen LogP contribution is -2.58. The number of alkyl halides is 5. The van der Waals surface area contributed by atoms with E-state index in [1.165, 1.54) is 63.0 Å². The number of likely N-dealkylation sites (tertiary alicyclic amines) is 6. The summed E-state index contributed by atoms with van der Waals surface area (Å²) in [7, 11) is 0. The monoisotopic (exact) mass is 1670 g/mol. The summed E-state index contributed by atoms with van der Waals surface area (Å²) in [5.74, 6) is -6.93. The fourth-order valence-corrected chi connectivity index (χ4v) is 13.6. The number of oxazole rings is 2. The molecule has 7 saturated heterocycles. The van der Waals surface area contributed by atoms with Gasteiger partial charge in [-0.05, 0) is 174 Å². The third-order valence-electron chi connectivity index (χ3n) is 19.0. The largest absolute Gasteiger partial charge is 0.451 e. The fraction of sp³-hybridized carbons (Fsp3) is 0.800. The molecule has 5 N–H and O–H groups in total. The van der Waals surface area contributed by atoms with Gasteiger partial charge in [-0.1, -0.05) is 21.3 Å². The molecule has 0 spiro atoms. The maximum absolute atomic E-state index is 13.9. The SMILES string of the molecule is C.CC(C)NC1CCOCC1.CC(C)OC1CCN(C(=O)C(C)(C)O)CC1(F)F.CC(C)OC1CCN(C(=O)[C@@H](O)CO)CC1(F)F.CC(C)OC1CCN(C(=O)c2cnco2)CC1.CC(C)OC1CCN(C(=O)c2cocn2)CC1.CC(C)O[C@H]1CCN(C(=O)C2=CN=NC2)C[C@H]1F.Cc1nc(C(=O)N2CCC(OC(C)C)CC2)n[nH]1. The van der Waals surface area contributed by atoms with Crippen LogP contribution in [0.3, 0.4) is 0 Å². The minimum Gasteiger partial charge on any atom is -0.451 e. The third-order valence-corrected chi connectivity index (χ3v) is 19.0. The van der Waals surface area contributed by atoms with Crippen LogP contribution in [-0.2, 0) is 47.5 Å². The molecule has 0 saturated carbocycles. The Morgan fingerprint density at radius 1 is 0.607 bits per heavy atom.